The molecule has 1 saturated heterocycles. The van der Waals surface area contributed by atoms with E-state index in [0.29, 0.717) is 6.92 Å². The van der Waals surface area contributed by atoms with Gasteiger partial charge in [0.15, 0.2) is 11.5 Å². The van der Waals surface area contributed by atoms with Gasteiger partial charge in [-0.05, 0) is 13.3 Å². The van der Waals surface area contributed by atoms with Crippen LogP contribution in [0.3, 0.4) is 0 Å². The van der Waals surface area contributed by atoms with E-state index in [2.05, 4.69) is 9.47 Å². The van der Waals surface area contributed by atoms with E-state index in [1.54, 1.807) is 0 Å². The van der Waals surface area contributed by atoms with E-state index >= 15 is 0 Å². The Morgan fingerprint density at radius 1 is 1.26 bits per heavy atom. The summed E-state index contributed by atoms with van der Waals surface area (Å²) in [7, 11) is 0. The van der Waals surface area contributed by atoms with Crippen LogP contribution >= 0.6 is 0 Å². The van der Waals surface area contributed by atoms with Crippen molar-refractivity contribution >= 4 is 5.97 Å². The molecule has 0 aromatic carbocycles. The molecule has 1 aliphatic heterocycles. The zero-order valence-electron chi connectivity index (χ0n) is 11.7. The molecule has 3 unspecified atom stereocenters. The van der Waals surface area contributed by atoms with E-state index in [-0.39, 0.29) is 0 Å². The first-order valence-corrected chi connectivity index (χ1v) is 6.13. The summed E-state index contributed by atoms with van der Waals surface area (Å²) in [5.74, 6) is -12.3. The lowest BCUT2D eigenvalue weighted by molar-refractivity contribution is -0.405. The lowest BCUT2D eigenvalue weighted by atomic mass is 9.87. The lowest BCUT2D eigenvalue weighted by Gasteiger charge is -2.33. The predicted molar refractivity (Wildman–Crippen MR) is 56.2 cm³/mol. The maximum atomic E-state index is 13.6. The molecule has 0 aromatic rings. The third-order valence-corrected chi connectivity index (χ3v) is 3.72. The van der Waals surface area contributed by atoms with Gasteiger partial charge in [0.2, 0.25) is 0 Å². The van der Waals surface area contributed by atoms with Gasteiger partial charge in [-0.1, -0.05) is 6.92 Å². The van der Waals surface area contributed by atoms with Crippen molar-refractivity contribution in [3.8, 4) is 0 Å². The number of rotatable bonds is 3. The van der Waals surface area contributed by atoms with Crippen molar-refractivity contribution in [2.75, 3.05) is 6.61 Å². The van der Waals surface area contributed by atoms with Crippen LogP contribution in [0, 0.1) is 5.41 Å². The van der Waals surface area contributed by atoms with Crippen LogP contribution in [-0.4, -0.2) is 47.8 Å². The fraction of sp³-hybridized carbons (Fsp3) is 0.909. The maximum Gasteiger partial charge on any atom is 0.449 e. The second-order valence-corrected chi connectivity index (χ2v) is 5.15. The van der Waals surface area contributed by atoms with Crippen molar-refractivity contribution < 1.29 is 54.5 Å². The quantitative estimate of drug-likeness (QED) is 0.621. The summed E-state index contributed by atoms with van der Waals surface area (Å²) in [6.07, 6.45) is -15.0. The van der Waals surface area contributed by atoms with Crippen molar-refractivity contribution in [2.45, 2.75) is 50.4 Å². The standard InChI is InChI=1S/C11H12F8O4/c1-3-7(2,10(14,15)16)6(20)23-5-4-22-9(21,8(5,12)13)11(17,18)19/h5,21H,3-4H2,1-2H3. The summed E-state index contributed by atoms with van der Waals surface area (Å²) in [6, 6.07) is 0. The number of alkyl halides is 8. The Morgan fingerprint density at radius 3 is 2.04 bits per heavy atom. The Labute approximate surface area is 124 Å². The molecule has 0 amide bonds. The van der Waals surface area contributed by atoms with Crippen LogP contribution in [0.15, 0.2) is 0 Å². The molecule has 0 radical (unpaired) electrons. The second-order valence-electron chi connectivity index (χ2n) is 5.15. The van der Waals surface area contributed by atoms with Crippen molar-refractivity contribution in [3.05, 3.63) is 0 Å². The van der Waals surface area contributed by atoms with Crippen LogP contribution in [0.4, 0.5) is 35.1 Å². The molecule has 136 valence electrons. The fourth-order valence-corrected chi connectivity index (χ4v) is 1.71. The van der Waals surface area contributed by atoms with Crippen molar-refractivity contribution in [2.24, 2.45) is 5.41 Å². The molecule has 0 spiro atoms. The molecule has 0 aromatic heterocycles. The Kier molecular flexibility index (Phi) is 4.69. The average molecular weight is 360 g/mol. The lowest BCUT2D eigenvalue weighted by Crippen LogP contribution is -2.60. The summed E-state index contributed by atoms with van der Waals surface area (Å²) < 4.78 is 111. The maximum absolute atomic E-state index is 13.6. The molecule has 1 fully saturated rings. The molecule has 0 aliphatic carbocycles. The smallest absolute Gasteiger partial charge is 0.449 e. The molecule has 1 N–H and O–H groups in total. The highest BCUT2D eigenvalue weighted by atomic mass is 19.4. The highest BCUT2D eigenvalue weighted by Crippen LogP contribution is 2.51. The van der Waals surface area contributed by atoms with Crippen molar-refractivity contribution in [3.63, 3.8) is 0 Å². The van der Waals surface area contributed by atoms with Gasteiger partial charge in [0, 0.05) is 0 Å². The summed E-state index contributed by atoms with van der Waals surface area (Å²) in [5.41, 5.74) is -3.19. The van der Waals surface area contributed by atoms with Gasteiger partial charge < -0.3 is 14.6 Å². The summed E-state index contributed by atoms with van der Waals surface area (Å²) in [5, 5.41) is 8.95. The van der Waals surface area contributed by atoms with Crippen LogP contribution in [-0.2, 0) is 14.3 Å². The topological polar surface area (TPSA) is 55.8 Å². The summed E-state index contributed by atoms with van der Waals surface area (Å²) in [4.78, 5) is 11.6. The molecule has 12 heteroatoms. The van der Waals surface area contributed by atoms with Gasteiger partial charge >= 0.3 is 30.0 Å². The molecular weight excluding hydrogens is 348 g/mol. The number of halogens is 8. The number of ether oxygens (including phenoxy) is 2. The number of hydrogen-bond donors (Lipinski definition) is 1. The molecule has 0 saturated carbocycles. The monoisotopic (exact) mass is 360 g/mol. The van der Waals surface area contributed by atoms with E-state index in [1.165, 1.54) is 0 Å². The Morgan fingerprint density at radius 2 is 1.74 bits per heavy atom. The molecule has 1 rings (SSSR count). The zero-order chi connectivity index (χ0) is 18.5. The molecule has 23 heavy (non-hydrogen) atoms. The number of esters is 1. The van der Waals surface area contributed by atoms with Gasteiger partial charge in [-0.15, -0.1) is 0 Å². The normalized spacial score (nSPS) is 30.8. The second kappa shape index (κ2) is 5.43. The van der Waals surface area contributed by atoms with Gasteiger partial charge in [-0.2, -0.15) is 35.1 Å². The largest absolute Gasteiger partial charge is 0.453 e. The number of aliphatic hydroxyl groups is 1. The minimum Gasteiger partial charge on any atom is -0.453 e. The zero-order valence-corrected chi connectivity index (χ0v) is 11.7. The van der Waals surface area contributed by atoms with E-state index in [0.717, 1.165) is 6.92 Å². The van der Waals surface area contributed by atoms with Crippen molar-refractivity contribution in [1.82, 2.24) is 0 Å². The molecule has 3 atom stereocenters. The van der Waals surface area contributed by atoms with Gasteiger partial charge in [0.1, 0.15) is 0 Å². The molecule has 1 aliphatic rings. The predicted octanol–water partition coefficient (Wildman–Crippen LogP) is 2.79. The number of carbonyl (C=O) groups excluding carboxylic acids is 1. The highest BCUT2D eigenvalue weighted by Gasteiger charge is 2.78. The summed E-state index contributed by atoms with van der Waals surface area (Å²) in [6.45, 7) is -0.338. The van der Waals surface area contributed by atoms with Crippen LogP contribution in [0.25, 0.3) is 0 Å². The van der Waals surface area contributed by atoms with E-state index in [1.807, 2.05) is 0 Å². The molecular formula is C11H12F8O4. The third-order valence-electron chi connectivity index (χ3n) is 3.72. The number of hydrogen-bond acceptors (Lipinski definition) is 4. The van der Waals surface area contributed by atoms with Gasteiger partial charge in [-0.3, -0.25) is 4.79 Å². The first-order chi connectivity index (χ1) is 10.0. The van der Waals surface area contributed by atoms with Crippen LogP contribution in [0.5, 0.6) is 0 Å². The van der Waals surface area contributed by atoms with E-state index < -0.39 is 54.6 Å². The molecule has 4 nitrogen and oxygen atoms in total. The minimum atomic E-state index is -5.95. The van der Waals surface area contributed by atoms with Gasteiger partial charge in [0.05, 0.1) is 6.61 Å². The first-order valence-electron chi connectivity index (χ1n) is 6.13. The van der Waals surface area contributed by atoms with Crippen molar-refractivity contribution in [1.29, 1.82) is 0 Å². The van der Waals surface area contributed by atoms with Gasteiger partial charge in [-0.25, -0.2) is 0 Å². The fourth-order valence-electron chi connectivity index (χ4n) is 1.71. The third kappa shape index (κ3) is 2.86. The molecule has 1 heterocycles. The van der Waals surface area contributed by atoms with E-state index in [4.69, 9.17) is 5.11 Å². The van der Waals surface area contributed by atoms with Crippen LogP contribution in [0.1, 0.15) is 20.3 Å². The average Bonchev–Trinajstić information content (AvgIpc) is 2.60. The highest BCUT2D eigenvalue weighted by molar-refractivity contribution is 5.77. The first kappa shape index (κ1) is 19.9. The Balaban J connectivity index is 3.06. The summed E-state index contributed by atoms with van der Waals surface area (Å²) >= 11 is 0. The molecule has 0 bridgehead atoms. The van der Waals surface area contributed by atoms with Gasteiger partial charge in [0.25, 0.3) is 0 Å². The minimum absolute atomic E-state index is 0.360. The van der Waals surface area contributed by atoms with Crippen LogP contribution < -0.4 is 0 Å². The van der Waals surface area contributed by atoms with Crippen LogP contribution in [0.2, 0.25) is 0 Å². The Bertz CT molecular complexity index is 474. The Hall–Kier alpha value is -1.17. The SMILES string of the molecule is CCC(C)(C(=O)OC1COC(O)(C(F)(F)F)C1(F)F)C(F)(F)F. The van der Waals surface area contributed by atoms with E-state index in [9.17, 15) is 39.9 Å². The number of carbonyl (C=O) groups is 1.